The first-order chi connectivity index (χ1) is 12.0. The summed E-state index contributed by atoms with van der Waals surface area (Å²) in [5.74, 6) is -0.236. The molecule has 25 heavy (non-hydrogen) atoms. The van der Waals surface area contributed by atoms with Gasteiger partial charge >= 0.3 is 0 Å². The average Bonchev–Trinajstić information content (AvgIpc) is 2.63. The third kappa shape index (κ3) is 5.04. The third-order valence-corrected chi connectivity index (χ3v) is 3.95. The number of hydrogen-bond acceptors (Lipinski definition) is 3. The molecule has 0 saturated heterocycles. The molecule has 0 radical (unpaired) electrons. The summed E-state index contributed by atoms with van der Waals surface area (Å²) in [4.78, 5) is 37.5. The Morgan fingerprint density at radius 2 is 1.72 bits per heavy atom. The molecule has 1 N–H and O–H groups in total. The van der Waals surface area contributed by atoms with Crippen molar-refractivity contribution in [1.29, 1.82) is 0 Å². The van der Waals surface area contributed by atoms with Gasteiger partial charge in [0.1, 0.15) is 6.54 Å². The second kappa shape index (κ2) is 8.82. The molecule has 1 aromatic heterocycles. The van der Waals surface area contributed by atoms with E-state index in [1.165, 1.54) is 10.6 Å². The van der Waals surface area contributed by atoms with Crippen molar-refractivity contribution in [1.82, 2.24) is 14.8 Å². The Hall–Kier alpha value is -2.89. The highest BCUT2D eigenvalue weighted by molar-refractivity contribution is 5.94. The van der Waals surface area contributed by atoms with E-state index in [1.54, 1.807) is 35.4 Å². The molecule has 0 aliphatic carbocycles. The number of aromatic nitrogens is 1. The summed E-state index contributed by atoms with van der Waals surface area (Å²) >= 11 is 0. The van der Waals surface area contributed by atoms with Crippen LogP contribution in [-0.4, -0.2) is 34.4 Å². The number of benzene rings is 1. The maximum atomic E-state index is 12.2. The topological polar surface area (TPSA) is 71.4 Å². The Morgan fingerprint density at radius 1 is 1.04 bits per heavy atom. The van der Waals surface area contributed by atoms with Crippen LogP contribution < -0.4 is 10.9 Å². The lowest BCUT2D eigenvalue weighted by Crippen LogP contribution is -2.31. The van der Waals surface area contributed by atoms with Gasteiger partial charge in [-0.3, -0.25) is 14.4 Å². The Balaban J connectivity index is 1.91. The van der Waals surface area contributed by atoms with Crippen molar-refractivity contribution in [3.8, 4) is 0 Å². The Morgan fingerprint density at radius 3 is 2.32 bits per heavy atom. The highest BCUT2D eigenvalue weighted by Crippen LogP contribution is 2.08. The van der Waals surface area contributed by atoms with E-state index >= 15 is 0 Å². The lowest BCUT2D eigenvalue weighted by atomic mass is 10.1. The van der Waals surface area contributed by atoms with Crippen LogP contribution in [0.25, 0.3) is 0 Å². The van der Waals surface area contributed by atoms with Crippen molar-refractivity contribution >= 4 is 11.8 Å². The van der Waals surface area contributed by atoms with E-state index in [0.717, 1.165) is 5.56 Å². The van der Waals surface area contributed by atoms with E-state index < -0.39 is 0 Å². The molecule has 0 atom stereocenters. The Labute approximate surface area is 147 Å². The van der Waals surface area contributed by atoms with Gasteiger partial charge in [0.2, 0.25) is 5.91 Å². The molecular weight excluding hydrogens is 318 g/mol. The van der Waals surface area contributed by atoms with Crippen molar-refractivity contribution in [3.05, 3.63) is 70.1 Å². The first-order valence-electron chi connectivity index (χ1n) is 8.35. The van der Waals surface area contributed by atoms with Crippen LogP contribution in [0.3, 0.4) is 0 Å². The number of rotatable bonds is 7. The van der Waals surface area contributed by atoms with E-state index in [1.807, 2.05) is 26.0 Å². The minimum Gasteiger partial charge on any atom is -0.350 e. The summed E-state index contributed by atoms with van der Waals surface area (Å²) in [6.07, 6.45) is 1.58. The van der Waals surface area contributed by atoms with Gasteiger partial charge in [-0.1, -0.05) is 18.2 Å². The smallest absolute Gasteiger partial charge is 0.253 e. The number of amides is 2. The summed E-state index contributed by atoms with van der Waals surface area (Å²) in [7, 11) is 0. The lowest BCUT2D eigenvalue weighted by molar-refractivity contribution is -0.121. The fraction of sp³-hybridized carbons (Fsp3) is 0.316. The van der Waals surface area contributed by atoms with E-state index in [0.29, 0.717) is 25.2 Å². The maximum Gasteiger partial charge on any atom is 0.253 e. The lowest BCUT2D eigenvalue weighted by Gasteiger charge is -2.18. The predicted octanol–water partition coefficient (Wildman–Crippen LogP) is 1.65. The van der Waals surface area contributed by atoms with Gasteiger partial charge in [-0.05, 0) is 37.6 Å². The number of carbonyl (C=O) groups excluding carboxylic acids is 2. The van der Waals surface area contributed by atoms with E-state index in [4.69, 9.17) is 0 Å². The summed E-state index contributed by atoms with van der Waals surface area (Å²) in [5.41, 5.74) is 1.32. The van der Waals surface area contributed by atoms with Gasteiger partial charge in [0.05, 0.1) is 0 Å². The summed E-state index contributed by atoms with van der Waals surface area (Å²) < 4.78 is 1.35. The summed E-state index contributed by atoms with van der Waals surface area (Å²) in [6.45, 7) is 5.57. The highest BCUT2D eigenvalue weighted by atomic mass is 16.2. The molecule has 6 heteroatoms. The van der Waals surface area contributed by atoms with Gasteiger partial charge in [-0.25, -0.2) is 0 Å². The van der Waals surface area contributed by atoms with Crippen molar-refractivity contribution in [2.24, 2.45) is 0 Å². The van der Waals surface area contributed by atoms with Crippen LogP contribution in [0, 0.1) is 0 Å². The molecule has 0 aliphatic heterocycles. The van der Waals surface area contributed by atoms with Crippen LogP contribution in [0.1, 0.15) is 29.8 Å². The van der Waals surface area contributed by atoms with Gasteiger partial charge in [0, 0.05) is 37.5 Å². The Kier molecular flexibility index (Phi) is 6.51. The van der Waals surface area contributed by atoms with Crippen molar-refractivity contribution in [2.45, 2.75) is 26.9 Å². The number of nitrogens with one attached hydrogen (secondary N) is 1. The first kappa shape index (κ1) is 18.4. The minimum atomic E-state index is -0.239. The normalized spacial score (nSPS) is 10.3. The quantitative estimate of drug-likeness (QED) is 0.832. The summed E-state index contributed by atoms with van der Waals surface area (Å²) in [6, 6.07) is 11.9. The van der Waals surface area contributed by atoms with Crippen LogP contribution in [0.2, 0.25) is 0 Å². The number of hydrogen-bond donors (Lipinski definition) is 1. The largest absolute Gasteiger partial charge is 0.350 e. The molecule has 1 aromatic carbocycles. The molecule has 0 aliphatic rings. The predicted molar refractivity (Wildman–Crippen MR) is 96.2 cm³/mol. The number of carbonyl (C=O) groups is 2. The average molecular weight is 341 g/mol. The van der Waals surface area contributed by atoms with Gasteiger partial charge in [-0.2, -0.15) is 0 Å². The van der Waals surface area contributed by atoms with Crippen molar-refractivity contribution in [2.75, 3.05) is 13.1 Å². The van der Waals surface area contributed by atoms with E-state index in [2.05, 4.69) is 5.32 Å². The second-order valence-corrected chi connectivity index (χ2v) is 5.62. The Bertz CT molecular complexity index is 777. The monoisotopic (exact) mass is 341 g/mol. The standard InChI is InChI=1S/C19H23N3O3/c1-3-21(4-2)19(25)16-10-8-15(9-11-16)13-20-17(23)14-22-12-6-5-7-18(22)24/h5-12H,3-4,13-14H2,1-2H3,(H,20,23). The molecule has 2 rings (SSSR count). The molecule has 6 nitrogen and oxygen atoms in total. The summed E-state index contributed by atoms with van der Waals surface area (Å²) in [5, 5.41) is 2.77. The van der Waals surface area contributed by atoms with Gasteiger partial charge in [0.15, 0.2) is 0 Å². The van der Waals surface area contributed by atoms with Crippen molar-refractivity contribution < 1.29 is 9.59 Å². The molecule has 132 valence electrons. The molecule has 0 bridgehead atoms. The van der Waals surface area contributed by atoms with Crippen LogP contribution in [0.4, 0.5) is 0 Å². The number of pyridine rings is 1. The van der Waals surface area contributed by atoms with E-state index in [9.17, 15) is 14.4 Å². The zero-order valence-electron chi connectivity index (χ0n) is 14.6. The van der Waals surface area contributed by atoms with Crippen LogP contribution >= 0.6 is 0 Å². The van der Waals surface area contributed by atoms with Gasteiger partial charge in [-0.15, -0.1) is 0 Å². The zero-order chi connectivity index (χ0) is 18.2. The SMILES string of the molecule is CCN(CC)C(=O)c1ccc(CNC(=O)Cn2ccccc2=O)cc1. The molecule has 0 fully saturated rings. The maximum absolute atomic E-state index is 12.2. The van der Waals surface area contributed by atoms with Gasteiger partial charge in [0.25, 0.3) is 11.5 Å². The minimum absolute atomic E-state index is 0.00374. The molecule has 0 saturated carbocycles. The molecule has 0 unspecified atom stereocenters. The highest BCUT2D eigenvalue weighted by Gasteiger charge is 2.12. The first-order valence-corrected chi connectivity index (χ1v) is 8.35. The number of nitrogens with zero attached hydrogens (tertiary/aromatic N) is 2. The van der Waals surface area contributed by atoms with Crippen molar-refractivity contribution in [3.63, 3.8) is 0 Å². The van der Waals surface area contributed by atoms with Crippen LogP contribution in [-0.2, 0) is 17.9 Å². The van der Waals surface area contributed by atoms with Crippen LogP contribution in [0.5, 0.6) is 0 Å². The van der Waals surface area contributed by atoms with E-state index in [-0.39, 0.29) is 23.9 Å². The van der Waals surface area contributed by atoms with Gasteiger partial charge < -0.3 is 14.8 Å². The molecule has 2 amide bonds. The fourth-order valence-corrected chi connectivity index (χ4v) is 2.46. The molecule has 2 aromatic rings. The fourth-order valence-electron chi connectivity index (χ4n) is 2.46. The zero-order valence-corrected chi connectivity index (χ0v) is 14.6. The second-order valence-electron chi connectivity index (χ2n) is 5.62. The van der Waals surface area contributed by atoms with Crippen LogP contribution in [0.15, 0.2) is 53.5 Å². The molecule has 0 spiro atoms. The molecular formula is C19H23N3O3. The molecule has 1 heterocycles. The third-order valence-electron chi connectivity index (χ3n) is 3.95.